The highest BCUT2D eigenvalue weighted by Gasteiger charge is 2.24. The van der Waals surface area contributed by atoms with E-state index in [0.29, 0.717) is 5.91 Å². The van der Waals surface area contributed by atoms with Crippen molar-refractivity contribution >= 4 is 17.7 Å². The third-order valence-corrected chi connectivity index (χ3v) is 7.74. The summed E-state index contributed by atoms with van der Waals surface area (Å²) in [6.07, 6.45) is 8.24. The normalized spacial score (nSPS) is 22.0. The standard InChI is InChI=1S/C26H33NOS/c1-20-7-13-25-24(17-20)19-27(15-16-29-25)26(28)14-12-21-8-10-23(11-9-21)18-22-5-3-2-4-6-22/h2-7,13,17,21,23H,8-12,14-16,18-19H2,1H3. The summed E-state index contributed by atoms with van der Waals surface area (Å²) < 4.78 is 0. The van der Waals surface area contributed by atoms with Gasteiger partial charge in [0.15, 0.2) is 0 Å². The van der Waals surface area contributed by atoms with Crippen molar-refractivity contribution in [2.45, 2.75) is 63.3 Å². The van der Waals surface area contributed by atoms with Gasteiger partial charge in [0.2, 0.25) is 5.91 Å². The second kappa shape index (κ2) is 9.84. The van der Waals surface area contributed by atoms with E-state index in [1.54, 1.807) is 0 Å². The summed E-state index contributed by atoms with van der Waals surface area (Å²) in [5.74, 6) is 2.92. The number of amides is 1. The fourth-order valence-electron chi connectivity index (χ4n) is 4.89. The predicted octanol–water partition coefficient (Wildman–Crippen LogP) is 6.26. The van der Waals surface area contributed by atoms with Crippen molar-refractivity contribution in [1.29, 1.82) is 0 Å². The molecule has 4 rings (SSSR count). The maximum atomic E-state index is 12.9. The van der Waals surface area contributed by atoms with E-state index in [1.165, 1.54) is 53.7 Å². The van der Waals surface area contributed by atoms with Crippen molar-refractivity contribution in [1.82, 2.24) is 4.90 Å². The maximum Gasteiger partial charge on any atom is 0.222 e. The summed E-state index contributed by atoms with van der Waals surface area (Å²) in [4.78, 5) is 16.4. The van der Waals surface area contributed by atoms with Crippen LogP contribution in [-0.2, 0) is 17.8 Å². The summed E-state index contributed by atoms with van der Waals surface area (Å²) in [5.41, 5.74) is 4.08. The van der Waals surface area contributed by atoms with Crippen LogP contribution >= 0.6 is 11.8 Å². The van der Waals surface area contributed by atoms with Crippen LogP contribution in [0.2, 0.25) is 0 Å². The van der Waals surface area contributed by atoms with E-state index in [2.05, 4.69) is 60.4 Å². The zero-order valence-corrected chi connectivity index (χ0v) is 18.4. The Kier molecular flexibility index (Phi) is 6.97. The Morgan fingerprint density at radius 3 is 2.59 bits per heavy atom. The van der Waals surface area contributed by atoms with Gasteiger partial charge < -0.3 is 4.90 Å². The van der Waals surface area contributed by atoms with Crippen LogP contribution in [0.1, 0.15) is 55.2 Å². The lowest BCUT2D eigenvalue weighted by molar-refractivity contribution is -0.131. The smallest absolute Gasteiger partial charge is 0.222 e. The number of carbonyl (C=O) groups is 1. The number of hydrogen-bond acceptors (Lipinski definition) is 2. The van der Waals surface area contributed by atoms with Crippen molar-refractivity contribution in [3.05, 3.63) is 65.2 Å². The van der Waals surface area contributed by atoms with Gasteiger partial charge in [-0.25, -0.2) is 0 Å². The predicted molar refractivity (Wildman–Crippen MR) is 122 cm³/mol. The van der Waals surface area contributed by atoms with Crippen LogP contribution in [0.25, 0.3) is 0 Å². The Morgan fingerprint density at radius 1 is 1.03 bits per heavy atom. The minimum Gasteiger partial charge on any atom is -0.337 e. The highest BCUT2D eigenvalue weighted by Crippen LogP contribution is 2.34. The fourth-order valence-corrected chi connectivity index (χ4v) is 5.90. The summed E-state index contributed by atoms with van der Waals surface area (Å²) >= 11 is 1.89. The average Bonchev–Trinajstić information content (AvgIpc) is 2.96. The molecule has 0 N–H and O–H groups in total. The van der Waals surface area contributed by atoms with E-state index in [9.17, 15) is 4.79 Å². The molecule has 2 aromatic carbocycles. The van der Waals surface area contributed by atoms with Gasteiger partial charge in [-0.3, -0.25) is 4.79 Å². The first-order valence-corrected chi connectivity index (χ1v) is 12.2. The number of nitrogens with zero attached hydrogens (tertiary/aromatic N) is 1. The Labute approximate surface area is 180 Å². The van der Waals surface area contributed by atoms with Crippen molar-refractivity contribution in [3.63, 3.8) is 0 Å². The molecule has 0 saturated heterocycles. The molecule has 2 nitrogen and oxygen atoms in total. The first kappa shape index (κ1) is 20.5. The van der Waals surface area contributed by atoms with Gasteiger partial charge in [0.25, 0.3) is 0 Å². The molecule has 1 heterocycles. The first-order chi connectivity index (χ1) is 14.2. The largest absolute Gasteiger partial charge is 0.337 e. The molecular formula is C26H33NOS. The molecule has 1 amide bonds. The minimum atomic E-state index is 0.353. The second-order valence-electron chi connectivity index (χ2n) is 8.89. The molecule has 2 aromatic rings. The average molecular weight is 408 g/mol. The van der Waals surface area contributed by atoms with Crippen molar-refractivity contribution in [2.24, 2.45) is 11.8 Å². The van der Waals surface area contributed by atoms with Gasteiger partial charge in [-0.1, -0.05) is 60.9 Å². The summed E-state index contributed by atoms with van der Waals surface area (Å²) in [6, 6.07) is 17.5. The SMILES string of the molecule is Cc1ccc2c(c1)CN(C(=O)CCC1CCC(Cc3ccccc3)CC1)CCS2. The van der Waals surface area contributed by atoms with Crippen molar-refractivity contribution in [3.8, 4) is 0 Å². The van der Waals surface area contributed by atoms with E-state index in [0.717, 1.165) is 43.5 Å². The van der Waals surface area contributed by atoms with Crippen LogP contribution in [0.3, 0.4) is 0 Å². The van der Waals surface area contributed by atoms with E-state index in [1.807, 2.05) is 11.8 Å². The molecule has 3 heteroatoms. The Bertz CT molecular complexity index is 811. The molecule has 0 unspecified atom stereocenters. The lowest BCUT2D eigenvalue weighted by Gasteiger charge is -2.29. The van der Waals surface area contributed by atoms with Gasteiger partial charge in [0.1, 0.15) is 0 Å². The van der Waals surface area contributed by atoms with Crippen LogP contribution in [-0.4, -0.2) is 23.1 Å². The second-order valence-corrected chi connectivity index (χ2v) is 10.0. The molecule has 0 spiro atoms. The highest BCUT2D eigenvalue weighted by molar-refractivity contribution is 7.99. The van der Waals surface area contributed by atoms with Crippen LogP contribution in [0.15, 0.2) is 53.4 Å². The molecule has 154 valence electrons. The molecule has 1 aliphatic heterocycles. The third kappa shape index (κ3) is 5.66. The molecule has 1 fully saturated rings. The fraction of sp³-hybridized carbons (Fsp3) is 0.500. The monoisotopic (exact) mass is 407 g/mol. The topological polar surface area (TPSA) is 20.3 Å². The molecule has 0 aromatic heterocycles. The van der Waals surface area contributed by atoms with E-state index in [4.69, 9.17) is 0 Å². The number of aryl methyl sites for hydroxylation is 1. The zero-order valence-electron chi connectivity index (χ0n) is 17.6. The zero-order chi connectivity index (χ0) is 20.1. The molecule has 0 bridgehead atoms. The molecule has 0 radical (unpaired) electrons. The Hall–Kier alpha value is -1.74. The Morgan fingerprint density at radius 2 is 1.79 bits per heavy atom. The van der Waals surface area contributed by atoms with Crippen molar-refractivity contribution in [2.75, 3.05) is 12.3 Å². The summed E-state index contributed by atoms with van der Waals surface area (Å²) in [7, 11) is 0. The molecule has 2 aliphatic rings. The van der Waals surface area contributed by atoms with Gasteiger partial charge in [0.05, 0.1) is 0 Å². The number of benzene rings is 2. The summed E-state index contributed by atoms with van der Waals surface area (Å²) in [5, 5.41) is 0. The van der Waals surface area contributed by atoms with Crippen LogP contribution in [0, 0.1) is 18.8 Å². The molecule has 1 saturated carbocycles. The van der Waals surface area contributed by atoms with Gasteiger partial charge in [-0.2, -0.15) is 0 Å². The summed E-state index contributed by atoms with van der Waals surface area (Å²) in [6.45, 7) is 3.80. The number of fused-ring (bicyclic) bond motifs is 1. The Balaban J connectivity index is 1.23. The molecular weight excluding hydrogens is 374 g/mol. The highest BCUT2D eigenvalue weighted by atomic mass is 32.2. The van der Waals surface area contributed by atoms with E-state index in [-0.39, 0.29) is 0 Å². The van der Waals surface area contributed by atoms with Crippen LogP contribution in [0.5, 0.6) is 0 Å². The maximum absolute atomic E-state index is 12.9. The quantitative estimate of drug-likeness (QED) is 0.583. The van der Waals surface area contributed by atoms with Crippen molar-refractivity contribution < 1.29 is 4.79 Å². The van der Waals surface area contributed by atoms with E-state index < -0.39 is 0 Å². The van der Waals surface area contributed by atoms with E-state index >= 15 is 0 Å². The number of thioether (sulfide) groups is 1. The van der Waals surface area contributed by atoms with Crippen LogP contribution < -0.4 is 0 Å². The molecule has 1 aliphatic carbocycles. The third-order valence-electron chi connectivity index (χ3n) is 6.65. The molecule has 29 heavy (non-hydrogen) atoms. The van der Waals surface area contributed by atoms with Gasteiger partial charge in [-0.15, -0.1) is 11.8 Å². The lowest BCUT2D eigenvalue weighted by atomic mass is 9.77. The lowest BCUT2D eigenvalue weighted by Crippen LogP contribution is -2.32. The van der Waals surface area contributed by atoms with Gasteiger partial charge in [0, 0.05) is 30.2 Å². The van der Waals surface area contributed by atoms with Crippen LogP contribution in [0.4, 0.5) is 0 Å². The minimum absolute atomic E-state index is 0.353. The van der Waals surface area contributed by atoms with Gasteiger partial charge in [-0.05, 0) is 61.6 Å². The molecule has 0 atom stereocenters. The first-order valence-electron chi connectivity index (χ1n) is 11.2. The number of carbonyl (C=O) groups excluding carboxylic acids is 1. The number of hydrogen-bond donors (Lipinski definition) is 0. The van der Waals surface area contributed by atoms with Gasteiger partial charge >= 0.3 is 0 Å². The number of rotatable bonds is 5.